The van der Waals surface area contributed by atoms with Gasteiger partial charge in [-0.05, 0) is 35.0 Å². The zero-order chi connectivity index (χ0) is 15.5. The Balaban J connectivity index is 2.03. The van der Waals surface area contributed by atoms with Gasteiger partial charge in [-0.2, -0.15) is 0 Å². The van der Waals surface area contributed by atoms with Crippen molar-refractivity contribution in [3.05, 3.63) is 28.8 Å². The lowest BCUT2D eigenvalue weighted by molar-refractivity contribution is 0.0880. The van der Waals surface area contributed by atoms with Gasteiger partial charge in [0.05, 0.1) is 5.69 Å². The SMILES string of the molecule is Cc1ncc(-c2nncn2COCC[Si](C)(C)C)cc1Br. The van der Waals surface area contributed by atoms with Gasteiger partial charge in [0.25, 0.3) is 0 Å². The van der Waals surface area contributed by atoms with Gasteiger partial charge < -0.3 is 4.74 Å². The van der Waals surface area contributed by atoms with Crippen LogP contribution in [0.15, 0.2) is 23.1 Å². The average molecular weight is 369 g/mol. The number of nitrogens with zero attached hydrogens (tertiary/aromatic N) is 4. The van der Waals surface area contributed by atoms with Crippen molar-refractivity contribution in [2.75, 3.05) is 6.61 Å². The molecule has 0 bridgehead atoms. The largest absolute Gasteiger partial charge is 0.361 e. The lowest BCUT2D eigenvalue weighted by atomic mass is 10.2. The number of pyridine rings is 1. The Bertz CT molecular complexity index is 609. The Kier molecular flexibility index (Phi) is 5.29. The first-order valence-electron chi connectivity index (χ1n) is 6.95. The molecular weight excluding hydrogens is 348 g/mol. The molecule has 0 aliphatic carbocycles. The molecule has 2 rings (SSSR count). The van der Waals surface area contributed by atoms with Gasteiger partial charge in [0.1, 0.15) is 13.1 Å². The van der Waals surface area contributed by atoms with Crippen LogP contribution in [0, 0.1) is 6.92 Å². The van der Waals surface area contributed by atoms with E-state index in [2.05, 4.69) is 50.8 Å². The van der Waals surface area contributed by atoms with E-state index in [0.29, 0.717) is 6.73 Å². The Labute approximate surface area is 134 Å². The van der Waals surface area contributed by atoms with E-state index in [4.69, 9.17) is 4.74 Å². The van der Waals surface area contributed by atoms with E-state index in [-0.39, 0.29) is 0 Å². The highest BCUT2D eigenvalue weighted by atomic mass is 79.9. The molecule has 7 heteroatoms. The molecule has 0 saturated heterocycles. The molecule has 0 spiro atoms. The number of ether oxygens (including phenoxy) is 1. The van der Waals surface area contributed by atoms with Gasteiger partial charge in [-0.1, -0.05) is 19.6 Å². The van der Waals surface area contributed by atoms with Crippen LogP contribution >= 0.6 is 15.9 Å². The molecule has 0 unspecified atom stereocenters. The van der Waals surface area contributed by atoms with E-state index >= 15 is 0 Å². The van der Waals surface area contributed by atoms with Gasteiger partial charge in [-0.15, -0.1) is 10.2 Å². The number of rotatable bonds is 6. The third-order valence-corrected chi connectivity index (χ3v) is 5.63. The summed E-state index contributed by atoms with van der Waals surface area (Å²) in [5, 5.41) is 8.14. The van der Waals surface area contributed by atoms with E-state index in [1.165, 1.54) is 0 Å². The zero-order valence-corrected chi connectivity index (χ0v) is 15.5. The lowest BCUT2D eigenvalue weighted by Gasteiger charge is -2.15. The minimum absolute atomic E-state index is 0.471. The summed E-state index contributed by atoms with van der Waals surface area (Å²) in [5.41, 5.74) is 1.88. The maximum Gasteiger partial charge on any atom is 0.167 e. The summed E-state index contributed by atoms with van der Waals surface area (Å²) < 4.78 is 8.63. The molecule has 0 radical (unpaired) electrons. The van der Waals surface area contributed by atoms with Crippen LogP contribution in [0.1, 0.15) is 5.69 Å². The number of aromatic nitrogens is 4. The number of hydrogen-bond donors (Lipinski definition) is 0. The third-order valence-electron chi connectivity index (χ3n) is 3.13. The average Bonchev–Trinajstić information content (AvgIpc) is 2.85. The van der Waals surface area contributed by atoms with E-state index in [9.17, 15) is 0 Å². The molecular formula is C14H21BrN4OSi. The molecule has 2 aromatic heterocycles. The molecule has 5 nitrogen and oxygen atoms in total. The zero-order valence-electron chi connectivity index (χ0n) is 12.9. The van der Waals surface area contributed by atoms with Crippen LogP contribution in [0.4, 0.5) is 0 Å². The van der Waals surface area contributed by atoms with E-state index < -0.39 is 8.07 Å². The van der Waals surface area contributed by atoms with Crippen molar-refractivity contribution in [1.82, 2.24) is 19.7 Å². The molecule has 0 aromatic carbocycles. The number of aryl methyl sites for hydroxylation is 1. The van der Waals surface area contributed by atoms with Crippen LogP contribution in [0.2, 0.25) is 25.7 Å². The summed E-state index contributed by atoms with van der Waals surface area (Å²) in [4.78, 5) is 4.34. The topological polar surface area (TPSA) is 52.8 Å². The molecule has 0 atom stereocenters. The Hall–Kier alpha value is -1.05. The van der Waals surface area contributed by atoms with Gasteiger partial charge in [-0.3, -0.25) is 9.55 Å². The van der Waals surface area contributed by atoms with Crippen molar-refractivity contribution in [2.45, 2.75) is 39.3 Å². The predicted octanol–water partition coefficient (Wildman–Crippen LogP) is 3.72. The van der Waals surface area contributed by atoms with Crippen LogP contribution in [0.3, 0.4) is 0 Å². The molecule has 0 saturated carbocycles. The maximum atomic E-state index is 5.76. The Morgan fingerprint density at radius 2 is 2.10 bits per heavy atom. The van der Waals surface area contributed by atoms with Gasteiger partial charge in [0.2, 0.25) is 0 Å². The van der Waals surface area contributed by atoms with E-state index in [1.54, 1.807) is 6.33 Å². The standard InChI is InChI=1S/C14H21BrN4OSi/c1-11-13(15)7-12(8-16-11)14-18-17-9-19(14)10-20-5-6-21(2,3)4/h7-9H,5-6,10H2,1-4H3. The normalized spacial score (nSPS) is 11.9. The fraction of sp³-hybridized carbons (Fsp3) is 0.500. The molecule has 0 aliphatic rings. The molecule has 2 heterocycles. The van der Waals surface area contributed by atoms with Crippen molar-refractivity contribution in [2.24, 2.45) is 0 Å². The molecule has 0 fully saturated rings. The van der Waals surface area contributed by atoms with Crippen molar-refractivity contribution in [1.29, 1.82) is 0 Å². The fourth-order valence-corrected chi connectivity index (χ4v) is 2.85. The van der Waals surface area contributed by atoms with E-state index in [0.717, 1.165) is 34.2 Å². The van der Waals surface area contributed by atoms with Gasteiger partial charge in [0, 0.05) is 30.9 Å². The highest BCUT2D eigenvalue weighted by Gasteiger charge is 2.13. The van der Waals surface area contributed by atoms with Gasteiger partial charge >= 0.3 is 0 Å². The third kappa shape index (κ3) is 4.72. The first kappa shape index (κ1) is 16.3. The van der Waals surface area contributed by atoms with Crippen LogP contribution in [-0.2, 0) is 11.5 Å². The van der Waals surface area contributed by atoms with Gasteiger partial charge in [-0.25, -0.2) is 0 Å². The predicted molar refractivity (Wildman–Crippen MR) is 89.8 cm³/mol. The highest BCUT2D eigenvalue weighted by molar-refractivity contribution is 9.10. The molecule has 114 valence electrons. The van der Waals surface area contributed by atoms with Crippen LogP contribution < -0.4 is 0 Å². The van der Waals surface area contributed by atoms with Crippen molar-refractivity contribution < 1.29 is 4.74 Å². The minimum atomic E-state index is -1.05. The summed E-state index contributed by atoms with van der Waals surface area (Å²) in [5.74, 6) is 0.774. The second kappa shape index (κ2) is 6.80. The summed E-state index contributed by atoms with van der Waals surface area (Å²) in [6, 6.07) is 3.16. The maximum absolute atomic E-state index is 5.76. The summed E-state index contributed by atoms with van der Waals surface area (Å²) in [6.07, 6.45) is 3.50. The van der Waals surface area contributed by atoms with E-state index in [1.807, 2.05) is 23.8 Å². The first-order chi connectivity index (χ1) is 9.87. The van der Waals surface area contributed by atoms with Crippen LogP contribution in [0.25, 0.3) is 11.4 Å². The lowest BCUT2D eigenvalue weighted by Crippen LogP contribution is -2.22. The Morgan fingerprint density at radius 3 is 2.76 bits per heavy atom. The Morgan fingerprint density at radius 1 is 1.33 bits per heavy atom. The highest BCUT2D eigenvalue weighted by Crippen LogP contribution is 2.22. The second-order valence-electron chi connectivity index (χ2n) is 6.26. The molecule has 0 N–H and O–H groups in total. The van der Waals surface area contributed by atoms with Crippen molar-refractivity contribution in [3.63, 3.8) is 0 Å². The van der Waals surface area contributed by atoms with Crippen molar-refractivity contribution in [3.8, 4) is 11.4 Å². The molecule has 0 amide bonds. The summed E-state index contributed by atoms with van der Waals surface area (Å²) in [6.45, 7) is 10.2. The smallest absolute Gasteiger partial charge is 0.167 e. The van der Waals surface area contributed by atoms with Crippen LogP contribution in [0.5, 0.6) is 0 Å². The molecule has 0 aliphatic heterocycles. The number of halogens is 1. The monoisotopic (exact) mass is 368 g/mol. The van der Waals surface area contributed by atoms with Crippen molar-refractivity contribution >= 4 is 24.0 Å². The van der Waals surface area contributed by atoms with Gasteiger partial charge in [0.15, 0.2) is 5.82 Å². The molecule has 21 heavy (non-hydrogen) atoms. The quantitative estimate of drug-likeness (QED) is 0.575. The summed E-state index contributed by atoms with van der Waals surface area (Å²) in [7, 11) is -1.05. The first-order valence-corrected chi connectivity index (χ1v) is 11.4. The molecule has 2 aromatic rings. The summed E-state index contributed by atoms with van der Waals surface area (Å²) >= 11 is 3.50. The fourth-order valence-electron chi connectivity index (χ4n) is 1.74. The number of hydrogen-bond acceptors (Lipinski definition) is 4. The van der Waals surface area contributed by atoms with Crippen LogP contribution in [-0.4, -0.2) is 34.4 Å². The minimum Gasteiger partial charge on any atom is -0.361 e. The second-order valence-corrected chi connectivity index (χ2v) is 12.7.